The van der Waals surface area contributed by atoms with E-state index in [-0.39, 0.29) is 52.1 Å². The molecule has 1 saturated heterocycles. The first-order valence-corrected chi connectivity index (χ1v) is 31.7. The molecule has 18 nitrogen and oxygen atoms in total. The number of furan rings is 2. The van der Waals surface area contributed by atoms with Crippen LogP contribution in [0.4, 0.5) is 4.79 Å². The lowest BCUT2D eigenvalue weighted by molar-refractivity contribution is -0.344. The molecule has 2 aromatic rings. The molecule has 76 heavy (non-hydrogen) atoms. The maximum Gasteiger partial charge on any atom is 0.408 e. The van der Waals surface area contributed by atoms with Gasteiger partial charge < -0.3 is 56.5 Å². The van der Waals surface area contributed by atoms with Crippen molar-refractivity contribution in [3.63, 3.8) is 0 Å². The number of alkyl carbamates (subject to hydrolysis) is 1. The van der Waals surface area contributed by atoms with Gasteiger partial charge in [0.1, 0.15) is 47.6 Å². The molecule has 3 aliphatic carbocycles. The van der Waals surface area contributed by atoms with Crippen molar-refractivity contribution < 1.29 is 80.0 Å². The summed E-state index contributed by atoms with van der Waals surface area (Å²) in [7, 11) is -5.76. The highest BCUT2D eigenvalue weighted by molar-refractivity contribution is 6.77. The van der Waals surface area contributed by atoms with Crippen LogP contribution < -0.4 is 5.32 Å². The number of hydrogen-bond acceptors (Lipinski definition) is 17. The van der Waals surface area contributed by atoms with Gasteiger partial charge in [-0.2, -0.15) is 0 Å². The van der Waals surface area contributed by atoms with E-state index in [1.54, 1.807) is 60.6 Å². The van der Waals surface area contributed by atoms with Gasteiger partial charge in [0, 0.05) is 32.1 Å². The van der Waals surface area contributed by atoms with Gasteiger partial charge >= 0.3 is 30.0 Å². The SMILES string of the molecule is CC[Si](CC)(CC)O[C@H]1C[C@H]2OC[C@@]2(OC(C)=O)[C@H]2[C@H](OC(=O)c3ccoc3)[C@]3(O)C[C@H](OC(=O)[C@H](O[Si](C(C)C)(C(C)C)C(C)C)[C@@H](NC(=O)OC(C)(C)C)c4ccco4)C(C)=C([C@@H](OC(C)=O)C(=O)[C@]12C)C3(C)C. The molecule has 2 N–H and O–H groups in total. The predicted molar refractivity (Wildman–Crippen MR) is 284 cm³/mol. The minimum atomic E-state index is -3.09. The van der Waals surface area contributed by atoms with Crippen LogP contribution in [0.3, 0.4) is 0 Å². The number of rotatable bonds is 19. The van der Waals surface area contributed by atoms with Crippen molar-refractivity contribution in [2.24, 2.45) is 16.7 Å². The number of fused-ring (bicyclic) bond motifs is 5. The Morgan fingerprint density at radius 2 is 1.50 bits per heavy atom. The van der Waals surface area contributed by atoms with Crippen LogP contribution in [0.2, 0.25) is 34.8 Å². The summed E-state index contributed by atoms with van der Waals surface area (Å²) in [6, 6.07) is 5.32. The number of hydrogen-bond donors (Lipinski definition) is 2. The fourth-order valence-corrected chi connectivity index (χ4v) is 22.0. The van der Waals surface area contributed by atoms with Crippen molar-refractivity contribution in [2.75, 3.05) is 6.61 Å². The second kappa shape index (κ2) is 22.3. The van der Waals surface area contributed by atoms with Gasteiger partial charge in [0.15, 0.2) is 31.9 Å². The second-order valence-electron chi connectivity index (χ2n) is 24.2. The van der Waals surface area contributed by atoms with Crippen molar-refractivity contribution in [3.05, 3.63) is 59.5 Å². The van der Waals surface area contributed by atoms with Gasteiger partial charge in [-0.3, -0.25) is 14.4 Å². The van der Waals surface area contributed by atoms with E-state index in [1.165, 1.54) is 38.7 Å². The third kappa shape index (κ3) is 10.7. The third-order valence-electron chi connectivity index (χ3n) is 17.6. The average molecular weight is 1100 g/mol. The van der Waals surface area contributed by atoms with Gasteiger partial charge in [-0.15, -0.1) is 0 Å². The minimum Gasteiger partial charge on any atom is -0.472 e. The lowest BCUT2D eigenvalue weighted by Gasteiger charge is -2.68. The van der Waals surface area contributed by atoms with Crippen molar-refractivity contribution in [2.45, 2.75) is 232 Å². The molecule has 2 saturated carbocycles. The zero-order valence-corrected chi connectivity index (χ0v) is 50.0. The quantitative estimate of drug-likeness (QED) is 0.0576. The summed E-state index contributed by atoms with van der Waals surface area (Å²) in [4.78, 5) is 88.1. The van der Waals surface area contributed by atoms with E-state index in [1.807, 2.05) is 62.3 Å². The van der Waals surface area contributed by atoms with Gasteiger partial charge in [-0.1, -0.05) is 76.2 Å². The van der Waals surface area contributed by atoms with Gasteiger partial charge in [0.05, 0.1) is 42.1 Å². The second-order valence-corrected chi connectivity index (χ2v) is 34.3. The molecule has 20 heteroatoms. The van der Waals surface area contributed by atoms with Crippen molar-refractivity contribution in [3.8, 4) is 0 Å². The number of nitrogens with one attached hydrogen (secondary N) is 1. The van der Waals surface area contributed by atoms with Crippen LogP contribution in [0.25, 0.3) is 0 Å². The molecule has 0 aromatic carbocycles. The molecule has 0 unspecified atom stereocenters. The molecular formula is C56H85NO17Si2. The number of carbonyl (C=O) groups excluding carboxylic acids is 6. The Morgan fingerprint density at radius 1 is 0.882 bits per heavy atom. The summed E-state index contributed by atoms with van der Waals surface area (Å²) in [6.07, 6.45) is -5.91. The molecule has 1 amide bonds. The Kier molecular flexibility index (Phi) is 17.8. The third-order valence-corrected chi connectivity index (χ3v) is 28.3. The molecule has 2 bridgehead atoms. The summed E-state index contributed by atoms with van der Waals surface area (Å²) >= 11 is 0. The van der Waals surface area contributed by atoms with Crippen LogP contribution in [0.15, 0.2) is 57.0 Å². The van der Waals surface area contributed by atoms with Crippen LogP contribution >= 0.6 is 0 Å². The zero-order chi connectivity index (χ0) is 56.9. The van der Waals surface area contributed by atoms with Crippen LogP contribution in [-0.2, 0) is 56.5 Å². The molecule has 424 valence electrons. The lowest BCUT2D eigenvalue weighted by atomic mass is 9.44. The normalized spacial score (nSPS) is 29.3. The molecule has 3 fully saturated rings. The highest BCUT2D eigenvalue weighted by atomic mass is 28.4. The summed E-state index contributed by atoms with van der Waals surface area (Å²) in [6.45, 7) is 32.3. The number of esters is 4. The maximum absolute atomic E-state index is 16.6. The van der Waals surface area contributed by atoms with Gasteiger partial charge in [-0.05, 0) is 98.7 Å². The topological polar surface area (TPSA) is 235 Å². The number of Topliss-reactive ketones (excluding diaryl/α,β-unsaturated/α-hetero) is 1. The fourth-order valence-electron chi connectivity index (χ4n) is 13.6. The molecule has 6 rings (SSSR count). The summed E-state index contributed by atoms with van der Waals surface area (Å²) in [5.74, 6) is -5.41. The van der Waals surface area contributed by atoms with E-state index in [0.29, 0.717) is 18.1 Å². The first-order chi connectivity index (χ1) is 35.3. The number of aliphatic hydroxyl groups is 1. The summed E-state index contributed by atoms with van der Waals surface area (Å²) < 4.78 is 64.0. The first kappa shape index (κ1) is 60.6. The predicted octanol–water partition coefficient (Wildman–Crippen LogP) is 10.2. The molecular weight excluding hydrogens is 1010 g/mol. The Bertz CT molecular complexity index is 2440. The van der Waals surface area contributed by atoms with Crippen LogP contribution in [-0.4, -0.2) is 118 Å². The molecule has 0 radical (unpaired) electrons. The number of amides is 1. The van der Waals surface area contributed by atoms with Crippen molar-refractivity contribution >= 4 is 52.4 Å². The lowest BCUT2D eigenvalue weighted by Crippen LogP contribution is -2.82. The van der Waals surface area contributed by atoms with E-state index < -0.39 is 135 Å². The Morgan fingerprint density at radius 3 is 1.97 bits per heavy atom. The Balaban J connectivity index is 1.66. The minimum absolute atomic E-state index is 0.0181. The number of ketones is 1. The fraction of sp³-hybridized carbons (Fsp3) is 0.714. The molecule has 11 atom stereocenters. The van der Waals surface area contributed by atoms with E-state index in [9.17, 15) is 24.3 Å². The molecule has 2 aromatic heterocycles. The van der Waals surface area contributed by atoms with E-state index in [4.69, 9.17) is 46.1 Å². The molecule has 0 spiro atoms. The number of ether oxygens (including phenoxy) is 6. The smallest absolute Gasteiger partial charge is 0.408 e. The molecule has 4 aliphatic rings. The van der Waals surface area contributed by atoms with Crippen LogP contribution in [0.5, 0.6) is 0 Å². The highest BCUT2D eigenvalue weighted by Crippen LogP contribution is 2.65. The van der Waals surface area contributed by atoms with Crippen molar-refractivity contribution in [1.29, 1.82) is 0 Å². The standard InChI is InChI=1S/C56H85NO17Si2/c1-19-75(20-2,21-3)73-40-27-41-55(30-67-41,71-36(12)59)46-48(70-49(61)37-24-26-65-29-37)56(64)28-39(34(10)42(53(56,16)17)44(68-35(11)58)47(60)54(40,46)18)69-50(62)45(74-76(31(4)5,32(6)7)33(8)9)43(38-23-22-25-66-38)57-51(63)72-52(13,14)15/h22-26,29,31-33,39-41,43-46,48,64H,19-21,27-28,30H2,1-18H3,(H,57,63)/t39-,40-,41+,43-,44+,45+,46-,48-,54+,55-,56+/m0/s1. The van der Waals surface area contributed by atoms with Crippen LogP contribution in [0.1, 0.15) is 160 Å². The van der Waals surface area contributed by atoms with E-state index in [2.05, 4.69) is 5.32 Å². The number of carbonyl (C=O) groups is 6. The van der Waals surface area contributed by atoms with Gasteiger partial charge in [-0.25, -0.2) is 14.4 Å². The Labute approximate surface area is 450 Å². The van der Waals surface area contributed by atoms with Gasteiger partial charge in [0.2, 0.25) is 8.32 Å². The van der Waals surface area contributed by atoms with E-state index >= 15 is 9.59 Å². The highest BCUT2D eigenvalue weighted by Gasteiger charge is 2.79. The molecule has 3 heterocycles. The zero-order valence-electron chi connectivity index (χ0n) is 48.0. The monoisotopic (exact) mass is 1100 g/mol. The summed E-state index contributed by atoms with van der Waals surface area (Å²) in [5, 5.41) is 17.2. The van der Waals surface area contributed by atoms with Crippen molar-refractivity contribution in [1.82, 2.24) is 5.32 Å². The average Bonchev–Trinajstić information content (AvgIpc) is 4.06. The summed E-state index contributed by atoms with van der Waals surface area (Å²) in [5.41, 5.74) is -8.43. The van der Waals surface area contributed by atoms with E-state index in [0.717, 1.165) is 0 Å². The van der Waals surface area contributed by atoms with Crippen LogP contribution in [0, 0.1) is 16.7 Å². The first-order valence-electron chi connectivity index (χ1n) is 27.1. The molecule has 1 aliphatic heterocycles. The maximum atomic E-state index is 16.6. The van der Waals surface area contributed by atoms with Gasteiger partial charge in [0.25, 0.3) is 0 Å². The Hall–Kier alpha value is -4.61. The largest absolute Gasteiger partial charge is 0.472 e.